The fourth-order valence-electron chi connectivity index (χ4n) is 2.04. The quantitative estimate of drug-likeness (QED) is 0.736. The van der Waals surface area contributed by atoms with Crippen molar-refractivity contribution in [1.82, 2.24) is 9.97 Å². The summed E-state index contributed by atoms with van der Waals surface area (Å²) in [4.78, 5) is 8.72. The number of benzene rings is 2. The third-order valence-corrected chi connectivity index (χ3v) is 3.34. The summed E-state index contributed by atoms with van der Waals surface area (Å²) in [5.41, 5.74) is 7.93. The Morgan fingerprint density at radius 2 is 1.90 bits per heavy atom. The number of nitrogens with two attached hydrogens (primary N) is 1. The van der Waals surface area contributed by atoms with Crippen LogP contribution in [0.5, 0.6) is 0 Å². The van der Waals surface area contributed by atoms with E-state index in [1.807, 2.05) is 0 Å². The molecular weight excluding hydrogens is 277 g/mol. The van der Waals surface area contributed by atoms with E-state index in [0.717, 1.165) is 5.56 Å². The molecule has 0 aliphatic heterocycles. The summed E-state index contributed by atoms with van der Waals surface area (Å²) >= 11 is 5.93. The normalized spacial score (nSPS) is 10.9. The van der Waals surface area contributed by atoms with Crippen LogP contribution in [0.2, 0.25) is 5.02 Å². The lowest BCUT2D eigenvalue weighted by Crippen LogP contribution is -1.98. The number of nitrogens with zero attached hydrogens (tertiary/aromatic N) is 2. The molecule has 0 spiro atoms. The van der Waals surface area contributed by atoms with Crippen molar-refractivity contribution < 1.29 is 4.39 Å². The lowest BCUT2D eigenvalue weighted by molar-refractivity contribution is 0.618. The molecule has 1 heterocycles. The van der Waals surface area contributed by atoms with Gasteiger partial charge >= 0.3 is 0 Å². The van der Waals surface area contributed by atoms with E-state index in [0.29, 0.717) is 33.1 Å². The van der Waals surface area contributed by atoms with E-state index in [4.69, 9.17) is 17.3 Å². The molecule has 5 heteroatoms. The van der Waals surface area contributed by atoms with Gasteiger partial charge in [0.05, 0.1) is 5.52 Å². The van der Waals surface area contributed by atoms with Crippen molar-refractivity contribution in [2.45, 2.75) is 6.92 Å². The summed E-state index contributed by atoms with van der Waals surface area (Å²) in [5, 5.41) is 1.29. The van der Waals surface area contributed by atoms with E-state index in [1.165, 1.54) is 6.07 Å². The maximum Gasteiger partial charge on any atom is 0.162 e. The molecule has 2 N–H and O–H groups in total. The largest absolute Gasteiger partial charge is 0.383 e. The molecule has 3 nitrogen and oxygen atoms in total. The Bertz CT molecular complexity index is 818. The van der Waals surface area contributed by atoms with Crippen LogP contribution in [-0.4, -0.2) is 9.97 Å². The Labute approximate surface area is 120 Å². The zero-order chi connectivity index (χ0) is 14.3. The third-order valence-electron chi connectivity index (χ3n) is 3.10. The molecule has 1 aromatic heterocycles. The molecule has 0 fully saturated rings. The highest BCUT2D eigenvalue weighted by Crippen LogP contribution is 2.26. The molecule has 0 unspecified atom stereocenters. The van der Waals surface area contributed by atoms with Crippen molar-refractivity contribution in [3.63, 3.8) is 0 Å². The van der Waals surface area contributed by atoms with Gasteiger partial charge in [0.15, 0.2) is 5.82 Å². The second-order valence-electron chi connectivity index (χ2n) is 4.56. The lowest BCUT2D eigenvalue weighted by atomic mass is 10.1. The summed E-state index contributed by atoms with van der Waals surface area (Å²) in [6.45, 7) is 1.70. The Balaban J connectivity index is 2.21. The van der Waals surface area contributed by atoms with E-state index in [-0.39, 0.29) is 5.82 Å². The van der Waals surface area contributed by atoms with E-state index in [2.05, 4.69) is 9.97 Å². The molecule has 2 aromatic carbocycles. The highest BCUT2D eigenvalue weighted by atomic mass is 35.5. The van der Waals surface area contributed by atoms with Gasteiger partial charge in [-0.25, -0.2) is 14.4 Å². The predicted molar refractivity (Wildman–Crippen MR) is 79.1 cm³/mol. The van der Waals surface area contributed by atoms with E-state index >= 15 is 0 Å². The number of hydrogen-bond acceptors (Lipinski definition) is 3. The number of halogens is 2. The fourth-order valence-corrected chi connectivity index (χ4v) is 2.21. The van der Waals surface area contributed by atoms with Crippen molar-refractivity contribution in [3.8, 4) is 11.4 Å². The molecule has 0 amide bonds. The van der Waals surface area contributed by atoms with Gasteiger partial charge < -0.3 is 5.73 Å². The van der Waals surface area contributed by atoms with Crippen molar-refractivity contribution in [2.24, 2.45) is 0 Å². The van der Waals surface area contributed by atoms with E-state index < -0.39 is 0 Å². The van der Waals surface area contributed by atoms with Crippen LogP contribution in [0.25, 0.3) is 22.3 Å². The van der Waals surface area contributed by atoms with Gasteiger partial charge in [-0.3, -0.25) is 0 Å². The maximum absolute atomic E-state index is 13.3. The lowest BCUT2D eigenvalue weighted by Gasteiger charge is -2.07. The summed E-state index contributed by atoms with van der Waals surface area (Å²) in [5.74, 6) is 0.573. The number of aromatic nitrogens is 2. The SMILES string of the molecule is Cc1cc(-c2nc(N)c3cc(Cl)ccc3n2)ccc1F. The maximum atomic E-state index is 13.3. The van der Waals surface area contributed by atoms with Crippen LogP contribution in [0.15, 0.2) is 36.4 Å². The Morgan fingerprint density at radius 1 is 1.10 bits per heavy atom. The van der Waals surface area contributed by atoms with Gasteiger partial charge in [-0.1, -0.05) is 11.6 Å². The Hall–Kier alpha value is -2.20. The molecule has 20 heavy (non-hydrogen) atoms. The van der Waals surface area contributed by atoms with Crippen molar-refractivity contribution in [3.05, 3.63) is 52.8 Å². The van der Waals surface area contributed by atoms with Crippen LogP contribution in [0.1, 0.15) is 5.56 Å². The van der Waals surface area contributed by atoms with Gasteiger partial charge in [0.2, 0.25) is 0 Å². The number of anilines is 1. The number of hydrogen-bond donors (Lipinski definition) is 1. The molecule has 0 aliphatic rings. The van der Waals surface area contributed by atoms with Gasteiger partial charge in [-0.2, -0.15) is 0 Å². The third kappa shape index (κ3) is 2.18. The standard InChI is InChI=1S/C15H11ClFN3/c1-8-6-9(2-4-12(8)17)15-19-13-5-3-10(16)7-11(13)14(18)20-15/h2-7H,1H3,(H2,18,19,20). The number of nitrogen functional groups attached to an aromatic ring is 1. The number of rotatable bonds is 1. The molecule has 3 aromatic rings. The number of aryl methyl sites for hydroxylation is 1. The first kappa shape index (κ1) is 12.8. The molecular formula is C15H11ClFN3. The second kappa shape index (κ2) is 4.72. The molecule has 3 rings (SSSR count). The Morgan fingerprint density at radius 3 is 2.65 bits per heavy atom. The minimum Gasteiger partial charge on any atom is -0.383 e. The van der Waals surface area contributed by atoms with Crippen molar-refractivity contribution in [1.29, 1.82) is 0 Å². The first-order valence-electron chi connectivity index (χ1n) is 6.04. The molecule has 0 bridgehead atoms. The van der Waals surface area contributed by atoms with Gasteiger partial charge in [-0.15, -0.1) is 0 Å². The van der Waals surface area contributed by atoms with Gasteiger partial charge in [0, 0.05) is 16.0 Å². The predicted octanol–water partition coefficient (Wildman–Crippen LogP) is 3.98. The highest BCUT2D eigenvalue weighted by Gasteiger charge is 2.09. The summed E-state index contributed by atoms with van der Waals surface area (Å²) in [6, 6.07) is 10.00. The monoisotopic (exact) mass is 287 g/mol. The average molecular weight is 288 g/mol. The zero-order valence-electron chi connectivity index (χ0n) is 10.7. The zero-order valence-corrected chi connectivity index (χ0v) is 11.4. The Kier molecular flexibility index (Phi) is 3.03. The van der Waals surface area contributed by atoms with Crippen LogP contribution >= 0.6 is 11.6 Å². The molecule has 100 valence electrons. The molecule has 0 saturated carbocycles. The highest BCUT2D eigenvalue weighted by molar-refractivity contribution is 6.31. The number of fused-ring (bicyclic) bond motifs is 1. The summed E-state index contributed by atoms with van der Waals surface area (Å²) < 4.78 is 13.3. The summed E-state index contributed by atoms with van der Waals surface area (Å²) in [7, 11) is 0. The van der Waals surface area contributed by atoms with Crippen LogP contribution < -0.4 is 5.73 Å². The molecule has 0 saturated heterocycles. The van der Waals surface area contributed by atoms with E-state index in [9.17, 15) is 4.39 Å². The van der Waals surface area contributed by atoms with Gasteiger partial charge in [0.25, 0.3) is 0 Å². The minimum atomic E-state index is -0.255. The summed E-state index contributed by atoms with van der Waals surface area (Å²) in [6.07, 6.45) is 0. The minimum absolute atomic E-state index is 0.255. The smallest absolute Gasteiger partial charge is 0.162 e. The fraction of sp³-hybridized carbons (Fsp3) is 0.0667. The van der Waals surface area contributed by atoms with Crippen LogP contribution in [0, 0.1) is 12.7 Å². The first-order chi connectivity index (χ1) is 9.54. The molecule has 0 radical (unpaired) electrons. The van der Waals surface area contributed by atoms with Gasteiger partial charge in [-0.05, 0) is 48.9 Å². The average Bonchev–Trinajstić information content (AvgIpc) is 2.42. The molecule has 0 atom stereocenters. The van der Waals surface area contributed by atoms with E-state index in [1.54, 1.807) is 37.3 Å². The topological polar surface area (TPSA) is 51.8 Å². The molecule has 0 aliphatic carbocycles. The first-order valence-corrected chi connectivity index (χ1v) is 6.42. The van der Waals surface area contributed by atoms with Crippen molar-refractivity contribution >= 4 is 28.3 Å². The van der Waals surface area contributed by atoms with Crippen molar-refractivity contribution in [2.75, 3.05) is 5.73 Å². The van der Waals surface area contributed by atoms with Crippen LogP contribution in [-0.2, 0) is 0 Å². The van der Waals surface area contributed by atoms with Gasteiger partial charge in [0.1, 0.15) is 11.6 Å². The second-order valence-corrected chi connectivity index (χ2v) is 4.99. The van der Waals surface area contributed by atoms with Crippen LogP contribution in [0.3, 0.4) is 0 Å². The van der Waals surface area contributed by atoms with Crippen LogP contribution in [0.4, 0.5) is 10.2 Å².